The third-order valence-electron chi connectivity index (χ3n) is 6.89. The smallest absolute Gasteiger partial charge is 0.292 e. The van der Waals surface area contributed by atoms with Crippen molar-refractivity contribution < 1.29 is 14.3 Å². The average Bonchev–Trinajstić information content (AvgIpc) is 2.95. The topological polar surface area (TPSA) is 85.7 Å². The first-order valence-electron chi connectivity index (χ1n) is 12.8. The molecule has 0 bridgehead atoms. The summed E-state index contributed by atoms with van der Waals surface area (Å²) in [5.41, 5.74) is 1.47. The molecule has 1 N–H and O–H groups in total. The van der Waals surface area contributed by atoms with E-state index >= 15 is 0 Å². The molecule has 0 spiro atoms. The van der Waals surface area contributed by atoms with Gasteiger partial charge in [0, 0.05) is 44.6 Å². The van der Waals surface area contributed by atoms with Crippen molar-refractivity contribution in [1.29, 1.82) is 0 Å². The Morgan fingerprint density at radius 2 is 1.84 bits per heavy atom. The summed E-state index contributed by atoms with van der Waals surface area (Å²) in [6.45, 7) is 3.53. The Bertz CT molecular complexity index is 1250. The fourth-order valence-electron chi connectivity index (χ4n) is 4.76. The highest BCUT2D eigenvalue weighted by molar-refractivity contribution is 6.32. The van der Waals surface area contributed by atoms with Crippen LogP contribution >= 0.6 is 11.6 Å². The number of likely N-dealkylation sites (tertiary alicyclic amines) is 1. The molecule has 1 aromatic heterocycles. The summed E-state index contributed by atoms with van der Waals surface area (Å²) in [5.74, 6) is 1.17. The zero-order valence-corrected chi connectivity index (χ0v) is 21.4. The van der Waals surface area contributed by atoms with Crippen LogP contribution in [0.3, 0.4) is 0 Å². The zero-order chi connectivity index (χ0) is 25.6. The van der Waals surface area contributed by atoms with Crippen molar-refractivity contribution >= 4 is 23.2 Å². The molecule has 0 unspecified atom stereocenters. The number of carbonyl (C=O) groups is 1. The Kier molecular flexibility index (Phi) is 8.06. The van der Waals surface area contributed by atoms with Gasteiger partial charge in [0.2, 0.25) is 0 Å². The Morgan fingerprint density at radius 1 is 1.08 bits per heavy atom. The summed E-state index contributed by atoms with van der Waals surface area (Å²) in [6.07, 6.45) is 5.28. The van der Waals surface area contributed by atoms with Crippen molar-refractivity contribution in [3.05, 3.63) is 81.7 Å². The van der Waals surface area contributed by atoms with Crippen LogP contribution in [0, 0.1) is 5.92 Å². The highest BCUT2D eigenvalue weighted by atomic mass is 35.5. The highest BCUT2D eigenvalue weighted by Crippen LogP contribution is 2.23. The molecular weight excluding hydrogens is 492 g/mol. The number of benzene rings is 2. The molecule has 1 atom stereocenters. The van der Waals surface area contributed by atoms with Crippen LogP contribution in [0.1, 0.15) is 36.0 Å². The van der Waals surface area contributed by atoms with Crippen LogP contribution in [-0.2, 0) is 4.74 Å². The maximum atomic E-state index is 12.9. The lowest BCUT2D eigenvalue weighted by molar-refractivity contribution is 0.0593. The van der Waals surface area contributed by atoms with E-state index in [2.05, 4.69) is 10.4 Å². The van der Waals surface area contributed by atoms with Crippen LogP contribution in [0.5, 0.6) is 5.75 Å². The second-order valence-electron chi connectivity index (χ2n) is 9.52. The number of anilines is 1. The van der Waals surface area contributed by atoms with Gasteiger partial charge < -0.3 is 19.7 Å². The molecular formula is C28H31ClN4O4. The lowest BCUT2D eigenvalue weighted by atomic mass is 10.0. The maximum absolute atomic E-state index is 12.9. The number of hydrogen-bond donors (Lipinski definition) is 1. The number of nitrogens with zero attached hydrogens (tertiary/aromatic N) is 3. The first-order valence-corrected chi connectivity index (χ1v) is 13.2. The minimum absolute atomic E-state index is 0.0286. The van der Waals surface area contributed by atoms with Crippen molar-refractivity contribution in [2.45, 2.75) is 31.8 Å². The molecule has 37 heavy (non-hydrogen) atoms. The van der Waals surface area contributed by atoms with Crippen molar-refractivity contribution in [2.24, 2.45) is 5.92 Å². The minimum Gasteiger partial charge on any atom is -0.490 e. The van der Waals surface area contributed by atoms with Crippen LogP contribution < -0.4 is 15.6 Å². The Hall–Kier alpha value is -3.36. The standard InChI is InChI=1S/C28H31ClN4O4/c29-26-25(30-17-20-5-4-16-36-19-20)18-31-33(28(26)35)22-8-10-23(11-9-22)37-24-12-14-32(15-13-24)27(34)21-6-2-1-3-7-21/h1-3,6-11,18,20,24,30H,4-5,12-17,19H2/t20-/m1/s1. The van der Waals surface area contributed by atoms with E-state index in [0.29, 0.717) is 54.8 Å². The third kappa shape index (κ3) is 6.14. The van der Waals surface area contributed by atoms with Crippen LogP contribution in [0.25, 0.3) is 5.69 Å². The van der Waals surface area contributed by atoms with E-state index in [1.807, 2.05) is 47.4 Å². The fraction of sp³-hybridized carbons (Fsp3) is 0.393. The SMILES string of the molecule is O=C(c1ccccc1)N1CCC(Oc2ccc(-n3ncc(NC[C@H]4CCCOC4)c(Cl)c3=O)cc2)CC1. The summed E-state index contributed by atoms with van der Waals surface area (Å²) >= 11 is 6.38. The molecule has 2 aliphatic heterocycles. The summed E-state index contributed by atoms with van der Waals surface area (Å²) in [5, 5.41) is 7.67. The molecule has 0 saturated carbocycles. The lowest BCUT2D eigenvalue weighted by Gasteiger charge is -2.32. The van der Waals surface area contributed by atoms with E-state index < -0.39 is 0 Å². The van der Waals surface area contributed by atoms with Gasteiger partial charge in [0.15, 0.2) is 0 Å². The Balaban J connectivity index is 1.16. The molecule has 1 amide bonds. The molecule has 2 saturated heterocycles. The summed E-state index contributed by atoms with van der Waals surface area (Å²) in [4.78, 5) is 27.4. The number of nitrogens with one attached hydrogen (secondary N) is 1. The van der Waals surface area contributed by atoms with Gasteiger partial charge in [-0.05, 0) is 55.2 Å². The van der Waals surface area contributed by atoms with E-state index in [0.717, 1.165) is 32.3 Å². The van der Waals surface area contributed by atoms with Gasteiger partial charge in [-0.3, -0.25) is 9.59 Å². The second kappa shape index (κ2) is 11.8. The number of carbonyl (C=O) groups excluding carboxylic acids is 1. The van der Waals surface area contributed by atoms with Gasteiger partial charge in [0.05, 0.1) is 24.2 Å². The largest absolute Gasteiger partial charge is 0.490 e. The number of ether oxygens (including phenoxy) is 2. The summed E-state index contributed by atoms with van der Waals surface area (Å²) in [6, 6.07) is 16.6. The maximum Gasteiger partial charge on any atom is 0.292 e. The zero-order valence-electron chi connectivity index (χ0n) is 20.6. The quantitative estimate of drug-likeness (QED) is 0.495. The van der Waals surface area contributed by atoms with E-state index in [1.165, 1.54) is 4.68 Å². The number of hydrogen-bond acceptors (Lipinski definition) is 6. The molecule has 9 heteroatoms. The van der Waals surface area contributed by atoms with Gasteiger partial charge in [0.1, 0.15) is 16.9 Å². The van der Waals surface area contributed by atoms with Gasteiger partial charge in [-0.25, -0.2) is 0 Å². The molecule has 8 nitrogen and oxygen atoms in total. The highest BCUT2D eigenvalue weighted by Gasteiger charge is 2.24. The van der Waals surface area contributed by atoms with E-state index in [4.69, 9.17) is 21.1 Å². The van der Waals surface area contributed by atoms with Crippen molar-refractivity contribution in [3.63, 3.8) is 0 Å². The number of aromatic nitrogens is 2. The molecule has 5 rings (SSSR count). The number of amides is 1. The average molecular weight is 523 g/mol. The third-order valence-corrected chi connectivity index (χ3v) is 7.25. The molecule has 2 aromatic carbocycles. The van der Waals surface area contributed by atoms with Crippen molar-refractivity contribution in [2.75, 3.05) is 38.2 Å². The molecule has 3 aromatic rings. The van der Waals surface area contributed by atoms with Crippen LogP contribution in [0.4, 0.5) is 5.69 Å². The molecule has 0 radical (unpaired) electrons. The summed E-state index contributed by atoms with van der Waals surface area (Å²) in [7, 11) is 0. The van der Waals surface area contributed by atoms with E-state index in [1.54, 1.807) is 18.3 Å². The van der Waals surface area contributed by atoms with E-state index in [9.17, 15) is 9.59 Å². The second-order valence-corrected chi connectivity index (χ2v) is 9.90. The first kappa shape index (κ1) is 25.3. The van der Waals surface area contributed by atoms with Crippen LogP contribution in [-0.4, -0.2) is 59.5 Å². The predicted molar refractivity (Wildman–Crippen MR) is 143 cm³/mol. The van der Waals surface area contributed by atoms with Gasteiger partial charge >= 0.3 is 0 Å². The van der Waals surface area contributed by atoms with Crippen molar-refractivity contribution in [1.82, 2.24) is 14.7 Å². The van der Waals surface area contributed by atoms with Gasteiger partial charge in [0.25, 0.3) is 11.5 Å². The fourth-order valence-corrected chi connectivity index (χ4v) is 4.96. The number of halogens is 1. The van der Waals surface area contributed by atoms with E-state index in [-0.39, 0.29) is 22.6 Å². The normalized spacial score (nSPS) is 18.4. The van der Waals surface area contributed by atoms with Gasteiger partial charge in [-0.1, -0.05) is 29.8 Å². The van der Waals surface area contributed by atoms with Crippen molar-refractivity contribution in [3.8, 4) is 11.4 Å². The van der Waals surface area contributed by atoms with Crippen LogP contribution in [0.2, 0.25) is 5.02 Å². The predicted octanol–water partition coefficient (Wildman–Crippen LogP) is 4.41. The molecule has 2 fully saturated rings. The van der Waals surface area contributed by atoms with Crippen LogP contribution in [0.15, 0.2) is 65.6 Å². The number of piperidine rings is 1. The first-order chi connectivity index (χ1) is 18.1. The molecule has 0 aliphatic carbocycles. The van der Waals surface area contributed by atoms with Gasteiger partial charge in [-0.15, -0.1) is 0 Å². The lowest BCUT2D eigenvalue weighted by Crippen LogP contribution is -2.41. The molecule has 194 valence electrons. The Labute approximate surface area is 221 Å². The van der Waals surface area contributed by atoms with Gasteiger partial charge in [-0.2, -0.15) is 9.78 Å². The Morgan fingerprint density at radius 3 is 2.54 bits per heavy atom. The molecule has 2 aliphatic rings. The summed E-state index contributed by atoms with van der Waals surface area (Å²) < 4.78 is 12.9. The monoisotopic (exact) mass is 522 g/mol. The minimum atomic E-state index is -0.379. The molecule has 3 heterocycles. The number of rotatable bonds is 7.